The lowest BCUT2D eigenvalue weighted by atomic mass is 9.49. The standard InChI is InChI=1S/C25H33NO4/c1-16-7-21(3-4-23(16)17(2)27)30-15-22-14-26(5-6-29-22)24(28)25-11-18-8-19(12-25)10-20(9-18)13-25/h3-4,7,18-20,22H,5-6,8-15H2,1-2H3. The van der Waals surface area contributed by atoms with Crippen LogP contribution in [0.3, 0.4) is 0 Å². The maximum absolute atomic E-state index is 13.6. The van der Waals surface area contributed by atoms with Crippen LogP contribution in [-0.4, -0.2) is 49.0 Å². The average Bonchev–Trinajstić information content (AvgIpc) is 2.71. The van der Waals surface area contributed by atoms with Crippen molar-refractivity contribution < 1.29 is 19.1 Å². The van der Waals surface area contributed by atoms with E-state index in [1.54, 1.807) is 6.92 Å². The van der Waals surface area contributed by atoms with Gasteiger partial charge in [0.1, 0.15) is 18.5 Å². The van der Waals surface area contributed by atoms with Crippen LogP contribution >= 0.6 is 0 Å². The van der Waals surface area contributed by atoms with Crippen molar-refractivity contribution in [3.05, 3.63) is 29.3 Å². The molecule has 0 radical (unpaired) electrons. The van der Waals surface area contributed by atoms with Crippen molar-refractivity contribution in [3.63, 3.8) is 0 Å². The fraction of sp³-hybridized carbons (Fsp3) is 0.680. The molecule has 162 valence electrons. The molecular formula is C25H33NO4. The zero-order chi connectivity index (χ0) is 20.9. The highest BCUT2D eigenvalue weighted by Crippen LogP contribution is 2.60. The van der Waals surface area contributed by atoms with Gasteiger partial charge in [-0.15, -0.1) is 0 Å². The SMILES string of the molecule is CC(=O)c1ccc(OCC2CN(C(=O)C34CC5CC(CC(C5)C3)C4)CCO2)cc1C. The highest BCUT2D eigenvalue weighted by atomic mass is 16.5. The molecule has 4 saturated carbocycles. The summed E-state index contributed by atoms with van der Waals surface area (Å²) in [4.78, 5) is 27.3. The molecule has 6 rings (SSSR count). The van der Waals surface area contributed by atoms with E-state index in [9.17, 15) is 9.59 Å². The molecule has 1 saturated heterocycles. The summed E-state index contributed by atoms with van der Waals surface area (Å²) in [6.07, 6.45) is 7.29. The molecule has 1 aromatic rings. The van der Waals surface area contributed by atoms with E-state index < -0.39 is 0 Å². The second kappa shape index (κ2) is 7.67. The molecule has 4 bridgehead atoms. The van der Waals surface area contributed by atoms with Crippen LogP contribution < -0.4 is 4.74 Å². The van der Waals surface area contributed by atoms with Crippen LogP contribution in [0.4, 0.5) is 0 Å². The van der Waals surface area contributed by atoms with Gasteiger partial charge in [0.2, 0.25) is 5.91 Å². The van der Waals surface area contributed by atoms with Crippen LogP contribution in [0.5, 0.6) is 5.75 Å². The smallest absolute Gasteiger partial charge is 0.228 e. The third kappa shape index (κ3) is 3.66. The summed E-state index contributed by atoms with van der Waals surface area (Å²) in [5.41, 5.74) is 1.56. The number of amides is 1. The number of carbonyl (C=O) groups is 2. The van der Waals surface area contributed by atoms with E-state index >= 15 is 0 Å². The van der Waals surface area contributed by atoms with Gasteiger partial charge in [-0.1, -0.05) is 0 Å². The molecule has 4 aliphatic carbocycles. The molecule has 1 aliphatic heterocycles. The van der Waals surface area contributed by atoms with Crippen molar-refractivity contribution in [1.82, 2.24) is 4.90 Å². The maximum Gasteiger partial charge on any atom is 0.228 e. The molecule has 0 N–H and O–H groups in total. The lowest BCUT2D eigenvalue weighted by Gasteiger charge is -2.57. The van der Waals surface area contributed by atoms with Gasteiger partial charge in [-0.25, -0.2) is 0 Å². The average molecular weight is 412 g/mol. The second-order valence-corrected chi connectivity index (χ2v) is 10.3. The molecule has 1 heterocycles. The van der Waals surface area contributed by atoms with Gasteiger partial charge in [0, 0.05) is 12.1 Å². The fourth-order valence-corrected chi connectivity index (χ4v) is 7.02. The number of carbonyl (C=O) groups excluding carboxylic acids is 2. The Bertz CT molecular complexity index is 812. The zero-order valence-electron chi connectivity index (χ0n) is 18.2. The van der Waals surface area contributed by atoms with Crippen LogP contribution in [0.25, 0.3) is 0 Å². The monoisotopic (exact) mass is 411 g/mol. The number of hydrogen-bond acceptors (Lipinski definition) is 4. The Morgan fingerprint density at radius 2 is 1.80 bits per heavy atom. The Balaban J connectivity index is 1.21. The van der Waals surface area contributed by atoms with Gasteiger partial charge in [-0.3, -0.25) is 9.59 Å². The Morgan fingerprint density at radius 1 is 1.13 bits per heavy atom. The van der Waals surface area contributed by atoms with Gasteiger partial charge < -0.3 is 14.4 Å². The predicted octanol–water partition coefficient (Wildman–Crippen LogP) is 4.02. The number of hydrogen-bond donors (Lipinski definition) is 0. The number of Topliss-reactive ketones (excluding diaryl/α,β-unsaturated/α-hetero) is 1. The largest absolute Gasteiger partial charge is 0.491 e. The van der Waals surface area contributed by atoms with Crippen molar-refractivity contribution in [2.75, 3.05) is 26.3 Å². The molecular weight excluding hydrogens is 378 g/mol. The first kappa shape index (κ1) is 20.0. The van der Waals surface area contributed by atoms with Gasteiger partial charge in [0.05, 0.1) is 18.6 Å². The Hall–Kier alpha value is -1.88. The molecule has 1 aromatic carbocycles. The number of morpholine rings is 1. The first-order chi connectivity index (χ1) is 14.4. The minimum atomic E-state index is -0.107. The van der Waals surface area contributed by atoms with Crippen LogP contribution in [0, 0.1) is 30.1 Å². The van der Waals surface area contributed by atoms with E-state index in [1.807, 2.05) is 25.1 Å². The van der Waals surface area contributed by atoms with Gasteiger partial charge in [-0.2, -0.15) is 0 Å². The third-order valence-corrected chi connectivity index (χ3v) is 7.93. The molecule has 5 aliphatic rings. The van der Waals surface area contributed by atoms with Crippen LogP contribution in [0.1, 0.15) is 61.4 Å². The van der Waals surface area contributed by atoms with E-state index in [2.05, 4.69) is 4.90 Å². The van der Waals surface area contributed by atoms with E-state index in [0.717, 1.165) is 53.9 Å². The summed E-state index contributed by atoms with van der Waals surface area (Å²) in [5, 5.41) is 0. The fourth-order valence-electron chi connectivity index (χ4n) is 7.02. The number of ether oxygens (including phenoxy) is 2. The van der Waals surface area contributed by atoms with Crippen molar-refractivity contribution in [2.45, 2.75) is 58.5 Å². The Morgan fingerprint density at radius 3 is 2.40 bits per heavy atom. The summed E-state index contributed by atoms with van der Waals surface area (Å²) in [6.45, 7) is 5.81. The van der Waals surface area contributed by atoms with Crippen LogP contribution in [-0.2, 0) is 9.53 Å². The molecule has 5 heteroatoms. The lowest BCUT2D eigenvalue weighted by molar-refractivity contribution is -0.165. The minimum Gasteiger partial charge on any atom is -0.491 e. The molecule has 0 aromatic heterocycles. The van der Waals surface area contributed by atoms with Crippen molar-refractivity contribution in [2.24, 2.45) is 23.2 Å². The van der Waals surface area contributed by atoms with E-state index in [-0.39, 0.29) is 17.3 Å². The van der Waals surface area contributed by atoms with E-state index in [1.165, 1.54) is 19.3 Å². The maximum atomic E-state index is 13.6. The summed E-state index contributed by atoms with van der Waals surface area (Å²) >= 11 is 0. The van der Waals surface area contributed by atoms with Gasteiger partial charge >= 0.3 is 0 Å². The Kier molecular flexibility index (Phi) is 5.12. The summed E-state index contributed by atoms with van der Waals surface area (Å²) in [5.74, 6) is 3.53. The highest BCUT2D eigenvalue weighted by molar-refractivity contribution is 5.95. The normalized spacial score (nSPS) is 34.8. The number of rotatable bonds is 5. The van der Waals surface area contributed by atoms with Crippen LogP contribution in [0.2, 0.25) is 0 Å². The van der Waals surface area contributed by atoms with Crippen molar-refractivity contribution >= 4 is 11.7 Å². The molecule has 5 fully saturated rings. The second-order valence-electron chi connectivity index (χ2n) is 10.3. The van der Waals surface area contributed by atoms with Gasteiger partial charge in [-0.05, 0) is 93.9 Å². The Labute approximate surface area is 179 Å². The van der Waals surface area contributed by atoms with Gasteiger partial charge in [0.15, 0.2) is 5.78 Å². The third-order valence-electron chi connectivity index (χ3n) is 7.93. The lowest BCUT2D eigenvalue weighted by Crippen LogP contribution is -2.58. The quantitative estimate of drug-likeness (QED) is 0.687. The first-order valence-corrected chi connectivity index (χ1v) is 11.6. The minimum absolute atomic E-state index is 0.0634. The molecule has 30 heavy (non-hydrogen) atoms. The van der Waals surface area contributed by atoms with E-state index in [0.29, 0.717) is 32.2 Å². The summed E-state index contributed by atoms with van der Waals surface area (Å²) in [6, 6.07) is 5.56. The zero-order valence-corrected chi connectivity index (χ0v) is 18.2. The number of benzene rings is 1. The predicted molar refractivity (Wildman–Crippen MR) is 114 cm³/mol. The molecule has 0 spiro atoms. The van der Waals surface area contributed by atoms with Gasteiger partial charge in [0.25, 0.3) is 0 Å². The first-order valence-electron chi connectivity index (χ1n) is 11.6. The van der Waals surface area contributed by atoms with Crippen molar-refractivity contribution in [3.8, 4) is 5.75 Å². The summed E-state index contributed by atoms with van der Waals surface area (Å²) < 4.78 is 11.9. The molecule has 1 unspecified atom stereocenters. The van der Waals surface area contributed by atoms with E-state index in [4.69, 9.17) is 9.47 Å². The number of nitrogens with zero attached hydrogens (tertiary/aromatic N) is 1. The highest BCUT2D eigenvalue weighted by Gasteiger charge is 2.55. The van der Waals surface area contributed by atoms with Crippen molar-refractivity contribution in [1.29, 1.82) is 0 Å². The molecule has 1 amide bonds. The van der Waals surface area contributed by atoms with Crippen LogP contribution in [0.15, 0.2) is 18.2 Å². The summed E-state index contributed by atoms with van der Waals surface area (Å²) in [7, 11) is 0. The topological polar surface area (TPSA) is 55.8 Å². The number of ketones is 1. The molecule has 5 nitrogen and oxygen atoms in total. The number of aryl methyl sites for hydroxylation is 1. The molecule has 1 atom stereocenters.